The van der Waals surface area contributed by atoms with E-state index in [0.29, 0.717) is 5.41 Å². The van der Waals surface area contributed by atoms with Gasteiger partial charge in [-0.2, -0.15) is 0 Å². The molecule has 2 heteroatoms. The molecule has 1 fully saturated rings. The minimum absolute atomic E-state index is 0.674. The van der Waals surface area contributed by atoms with E-state index in [1.807, 2.05) is 0 Å². The van der Waals surface area contributed by atoms with Crippen LogP contribution < -0.4 is 0 Å². The summed E-state index contributed by atoms with van der Waals surface area (Å²) < 4.78 is 5.03. The number of alkyl halides is 1. The first-order valence-electron chi connectivity index (χ1n) is 4.88. The quantitative estimate of drug-likeness (QED) is 0.506. The Labute approximate surface area is 84.0 Å². The third kappa shape index (κ3) is 2.74. The molecule has 0 heterocycles. The maximum absolute atomic E-state index is 5.03. The molecule has 0 radical (unpaired) electrons. The normalized spacial score (nSPS) is 20.5. The predicted molar refractivity (Wildman–Crippen MR) is 55.8 cm³/mol. The molecular weight excluding hydrogens is 216 g/mol. The van der Waals surface area contributed by atoms with Crippen molar-refractivity contribution in [3.8, 4) is 0 Å². The first-order chi connectivity index (χ1) is 5.83. The highest BCUT2D eigenvalue weighted by Crippen LogP contribution is 2.46. The Morgan fingerprint density at radius 3 is 2.50 bits per heavy atom. The summed E-state index contributed by atoms with van der Waals surface area (Å²) in [6.45, 7) is 0.929. The summed E-state index contributed by atoms with van der Waals surface area (Å²) in [4.78, 5) is 0. The summed E-state index contributed by atoms with van der Waals surface area (Å²) >= 11 is 3.62. The SMILES string of the molecule is COCCCCC1(CBr)CCC1. The molecule has 0 aromatic heterocycles. The minimum Gasteiger partial charge on any atom is -0.385 e. The van der Waals surface area contributed by atoms with Crippen molar-refractivity contribution in [1.29, 1.82) is 0 Å². The van der Waals surface area contributed by atoms with Gasteiger partial charge in [-0.3, -0.25) is 0 Å². The van der Waals surface area contributed by atoms with Crippen LogP contribution in [0.5, 0.6) is 0 Å². The highest BCUT2D eigenvalue weighted by Gasteiger charge is 2.34. The van der Waals surface area contributed by atoms with E-state index in [0.717, 1.165) is 6.61 Å². The Hall–Kier alpha value is 0.440. The average molecular weight is 235 g/mol. The molecular formula is C10H19BrO. The van der Waals surface area contributed by atoms with Gasteiger partial charge < -0.3 is 4.74 Å². The monoisotopic (exact) mass is 234 g/mol. The Balaban J connectivity index is 2.04. The van der Waals surface area contributed by atoms with Crippen molar-refractivity contribution >= 4 is 15.9 Å². The summed E-state index contributed by atoms with van der Waals surface area (Å²) in [5.74, 6) is 0. The number of ether oxygens (including phenoxy) is 1. The first-order valence-corrected chi connectivity index (χ1v) is 6.00. The van der Waals surface area contributed by atoms with Crippen LogP contribution in [0.15, 0.2) is 0 Å². The number of methoxy groups -OCH3 is 1. The van der Waals surface area contributed by atoms with Gasteiger partial charge in [-0.05, 0) is 31.1 Å². The molecule has 0 unspecified atom stereocenters. The second kappa shape index (κ2) is 5.23. The molecule has 1 rings (SSSR count). The maximum Gasteiger partial charge on any atom is 0.0462 e. The van der Waals surface area contributed by atoms with Crippen LogP contribution in [0.25, 0.3) is 0 Å². The Bertz CT molecular complexity index is 115. The van der Waals surface area contributed by atoms with Crippen LogP contribution in [-0.2, 0) is 4.74 Å². The van der Waals surface area contributed by atoms with E-state index in [1.54, 1.807) is 7.11 Å². The zero-order valence-corrected chi connectivity index (χ0v) is 9.53. The van der Waals surface area contributed by atoms with Crippen molar-refractivity contribution in [2.24, 2.45) is 5.41 Å². The van der Waals surface area contributed by atoms with Crippen molar-refractivity contribution < 1.29 is 4.74 Å². The summed E-state index contributed by atoms with van der Waals surface area (Å²) in [7, 11) is 1.78. The molecule has 0 saturated heterocycles. The average Bonchev–Trinajstić information content (AvgIpc) is 2.02. The zero-order chi connectivity index (χ0) is 8.86. The van der Waals surface area contributed by atoms with Gasteiger partial charge in [0.05, 0.1) is 0 Å². The largest absolute Gasteiger partial charge is 0.385 e. The van der Waals surface area contributed by atoms with Gasteiger partial charge in [0.2, 0.25) is 0 Å². The fourth-order valence-corrected chi connectivity index (χ4v) is 2.71. The molecule has 0 N–H and O–H groups in total. The zero-order valence-electron chi connectivity index (χ0n) is 7.94. The van der Waals surface area contributed by atoms with E-state index in [4.69, 9.17) is 4.74 Å². The molecule has 1 nitrogen and oxygen atoms in total. The van der Waals surface area contributed by atoms with Gasteiger partial charge in [-0.25, -0.2) is 0 Å². The van der Waals surface area contributed by atoms with Gasteiger partial charge in [0, 0.05) is 19.0 Å². The summed E-state index contributed by atoms with van der Waals surface area (Å²) in [5, 5.41) is 1.20. The molecule has 1 saturated carbocycles. The van der Waals surface area contributed by atoms with Gasteiger partial charge in [0.25, 0.3) is 0 Å². The fourth-order valence-electron chi connectivity index (χ4n) is 1.87. The van der Waals surface area contributed by atoms with Gasteiger partial charge >= 0.3 is 0 Å². The predicted octanol–water partition coefficient (Wildman–Crippen LogP) is 3.37. The van der Waals surface area contributed by atoms with Crippen LogP contribution in [0, 0.1) is 5.41 Å². The Morgan fingerprint density at radius 1 is 1.33 bits per heavy atom. The van der Waals surface area contributed by atoms with Gasteiger partial charge in [-0.1, -0.05) is 28.8 Å². The molecule has 0 aromatic carbocycles. The standard InChI is InChI=1S/C10H19BrO/c1-12-8-3-2-5-10(9-11)6-4-7-10/h2-9H2,1H3. The molecule has 1 aliphatic rings. The second-order valence-corrected chi connectivity index (χ2v) is 4.50. The minimum atomic E-state index is 0.674. The fraction of sp³-hybridized carbons (Fsp3) is 1.00. The Kier molecular flexibility index (Phi) is 4.59. The molecule has 0 atom stereocenters. The van der Waals surface area contributed by atoms with Crippen LogP contribution in [0.3, 0.4) is 0 Å². The lowest BCUT2D eigenvalue weighted by Crippen LogP contribution is -2.30. The number of hydrogen-bond donors (Lipinski definition) is 0. The lowest BCUT2D eigenvalue weighted by Gasteiger charge is -2.40. The maximum atomic E-state index is 5.03. The van der Waals surface area contributed by atoms with Crippen LogP contribution >= 0.6 is 15.9 Å². The Morgan fingerprint density at radius 2 is 2.08 bits per heavy atom. The van der Waals surface area contributed by atoms with Gasteiger partial charge in [-0.15, -0.1) is 0 Å². The van der Waals surface area contributed by atoms with Gasteiger partial charge in [0.1, 0.15) is 0 Å². The van der Waals surface area contributed by atoms with Crippen LogP contribution in [0.1, 0.15) is 38.5 Å². The first kappa shape index (κ1) is 10.5. The van der Waals surface area contributed by atoms with Crippen molar-refractivity contribution in [2.75, 3.05) is 19.0 Å². The summed E-state index contributed by atoms with van der Waals surface area (Å²) in [6.07, 6.45) is 8.26. The lowest BCUT2D eigenvalue weighted by atomic mass is 9.67. The van der Waals surface area contributed by atoms with Crippen molar-refractivity contribution in [2.45, 2.75) is 38.5 Å². The lowest BCUT2D eigenvalue weighted by molar-refractivity contribution is 0.137. The number of halogens is 1. The van der Waals surface area contributed by atoms with E-state index in [9.17, 15) is 0 Å². The van der Waals surface area contributed by atoms with Crippen LogP contribution in [0.2, 0.25) is 0 Å². The summed E-state index contributed by atoms with van der Waals surface area (Å²) in [5.41, 5.74) is 0.674. The molecule has 0 aromatic rings. The highest BCUT2D eigenvalue weighted by atomic mass is 79.9. The van der Waals surface area contributed by atoms with Gasteiger partial charge in [0.15, 0.2) is 0 Å². The topological polar surface area (TPSA) is 9.23 Å². The van der Waals surface area contributed by atoms with E-state index in [2.05, 4.69) is 15.9 Å². The molecule has 72 valence electrons. The highest BCUT2D eigenvalue weighted by molar-refractivity contribution is 9.09. The molecule has 0 aliphatic heterocycles. The number of rotatable bonds is 6. The molecule has 12 heavy (non-hydrogen) atoms. The molecule has 1 aliphatic carbocycles. The third-order valence-corrected chi connectivity index (χ3v) is 4.19. The molecule has 0 bridgehead atoms. The second-order valence-electron chi connectivity index (χ2n) is 3.94. The van der Waals surface area contributed by atoms with Crippen molar-refractivity contribution in [1.82, 2.24) is 0 Å². The summed E-state index contributed by atoms with van der Waals surface area (Å²) in [6, 6.07) is 0. The van der Waals surface area contributed by atoms with Crippen LogP contribution in [-0.4, -0.2) is 19.0 Å². The van der Waals surface area contributed by atoms with E-state index >= 15 is 0 Å². The number of unbranched alkanes of at least 4 members (excludes halogenated alkanes) is 1. The van der Waals surface area contributed by atoms with Crippen molar-refractivity contribution in [3.63, 3.8) is 0 Å². The van der Waals surface area contributed by atoms with Crippen LogP contribution in [0.4, 0.5) is 0 Å². The molecule has 0 spiro atoms. The smallest absolute Gasteiger partial charge is 0.0462 e. The van der Waals surface area contributed by atoms with E-state index < -0.39 is 0 Å². The van der Waals surface area contributed by atoms with E-state index in [-0.39, 0.29) is 0 Å². The number of hydrogen-bond acceptors (Lipinski definition) is 1. The third-order valence-electron chi connectivity index (χ3n) is 3.00. The van der Waals surface area contributed by atoms with Crippen molar-refractivity contribution in [3.05, 3.63) is 0 Å². The van der Waals surface area contributed by atoms with E-state index in [1.165, 1.54) is 43.9 Å². The molecule has 0 amide bonds.